The molecular weight excluding hydrogens is 296 g/mol. The molecular formula is C15H20N6O2. The van der Waals surface area contributed by atoms with Crippen LogP contribution in [0.2, 0.25) is 0 Å². The van der Waals surface area contributed by atoms with Gasteiger partial charge in [0.15, 0.2) is 0 Å². The van der Waals surface area contributed by atoms with Crippen LogP contribution in [-0.4, -0.2) is 51.0 Å². The van der Waals surface area contributed by atoms with E-state index in [9.17, 15) is 4.79 Å². The second kappa shape index (κ2) is 7.19. The lowest BCUT2D eigenvalue weighted by molar-refractivity contribution is -0.123. The van der Waals surface area contributed by atoms with E-state index in [2.05, 4.69) is 25.7 Å². The largest absolute Gasteiger partial charge is 0.379 e. The molecule has 1 aliphatic heterocycles. The molecule has 0 unspecified atom stereocenters. The number of rotatable bonds is 5. The van der Waals surface area contributed by atoms with Gasteiger partial charge >= 0.3 is 0 Å². The Morgan fingerprint density at radius 2 is 2.35 bits per heavy atom. The molecule has 8 nitrogen and oxygen atoms in total. The van der Waals surface area contributed by atoms with Crippen molar-refractivity contribution in [3.63, 3.8) is 0 Å². The minimum Gasteiger partial charge on any atom is -0.379 e. The first-order valence-corrected chi connectivity index (χ1v) is 7.61. The van der Waals surface area contributed by atoms with E-state index in [1.54, 1.807) is 29.3 Å². The Labute approximate surface area is 134 Å². The first-order chi connectivity index (χ1) is 11.2. The lowest BCUT2D eigenvalue weighted by Gasteiger charge is -2.33. The molecule has 3 rings (SSSR count). The summed E-state index contributed by atoms with van der Waals surface area (Å²) < 4.78 is 7.13. The van der Waals surface area contributed by atoms with E-state index in [-0.39, 0.29) is 24.5 Å². The van der Waals surface area contributed by atoms with Crippen LogP contribution in [0, 0.1) is 6.92 Å². The van der Waals surface area contributed by atoms with Crippen molar-refractivity contribution >= 4 is 11.7 Å². The SMILES string of the molecule is Cc1nccc(N[C@@H]2COCC[C@@H]2NC(=O)Cn2cccn2)n1. The maximum absolute atomic E-state index is 12.2. The van der Waals surface area contributed by atoms with Crippen LogP contribution in [0.25, 0.3) is 0 Å². The summed E-state index contributed by atoms with van der Waals surface area (Å²) in [5.74, 6) is 1.37. The first-order valence-electron chi connectivity index (χ1n) is 7.61. The molecule has 3 heterocycles. The Kier molecular flexibility index (Phi) is 4.82. The van der Waals surface area contributed by atoms with Gasteiger partial charge in [0.1, 0.15) is 18.2 Å². The molecule has 1 fully saturated rings. The number of carbonyl (C=O) groups excluding carboxylic acids is 1. The van der Waals surface area contributed by atoms with Gasteiger partial charge in [0, 0.05) is 25.2 Å². The lowest BCUT2D eigenvalue weighted by atomic mass is 10.0. The van der Waals surface area contributed by atoms with Gasteiger partial charge < -0.3 is 15.4 Å². The van der Waals surface area contributed by atoms with Crippen LogP contribution in [0.15, 0.2) is 30.7 Å². The van der Waals surface area contributed by atoms with E-state index < -0.39 is 0 Å². The fourth-order valence-corrected chi connectivity index (χ4v) is 2.57. The maximum Gasteiger partial charge on any atom is 0.242 e. The molecule has 1 amide bonds. The van der Waals surface area contributed by atoms with Crippen LogP contribution in [0.4, 0.5) is 5.82 Å². The Morgan fingerprint density at radius 1 is 1.43 bits per heavy atom. The first kappa shape index (κ1) is 15.4. The van der Waals surface area contributed by atoms with Gasteiger partial charge in [0.05, 0.1) is 18.7 Å². The number of nitrogens with one attached hydrogen (secondary N) is 2. The predicted octanol–water partition coefficient (Wildman–Crippen LogP) is 0.367. The molecule has 23 heavy (non-hydrogen) atoms. The van der Waals surface area contributed by atoms with E-state index in [0.29, 0.717) is 19.0 Å². The van der Waals surface area contributed by atoms with Crippen molar-refractivity contribution in [1.29, 1.82) is 0 Å². The highest BCUT2D eigenvalue weighted by molar-refractivity contribution is 5.76. The van der Waals surface area contributed by atoms with Crippen LogP contribution in [0.5, 0.6) is 0 Å². The number of hydrogen-bond acceptors (Lipinski definition) is 6. The van der Waals surface area contributed by atoms with E-state index in [1.165, 1.54) is 0 Å². The van der Waals surface area contributed by atoms with Crippen molar-refractivity contribution < 1.29 is 9.53 Å². The quantitative estimate of drug-likeness (QED) is 0.827. The fourth-order valence-electron chi connectivity index (χ4n) is 2.57. The van der Waals surface area contributed by atoms with Crippen molar-refractivity contribution in [3.05, 3.63) is 36.5 Å². The topological polar surface area (TPSA) is 94.0 Å². The molecule has 0 radical (unpaired) electrons. The van der Waals surface area contributed by atoms with Crippen LogP contribution >= 0.6 is 0 Å². The van der Waals surface area contributed by atoms with Crippen molar-refractivity contribution in [2.45, 2.75) is 32.0 Å². The third-order valence-electron chi connectivity index (χ3n) is 3.68. The van der Waals surface area contributed by atoms with Gasteiger partial charge in [-0.25, -0.2) is 9.97 Å². The van der Waals surface area contributed by atoms with Gasteiger partial charge in [-0.2, -0.15) is 5.10 Å². The third-order valence-corrected chi connectivity index (χ3v) is 3.68. The van der Waals surface area contributed by atoms with E-state index in [1.807, 2.05) is 13.0 Å². The number of aryl methyl sites for hydroxylation is 1. The number of ether oxygens (including phenoxy) is 1. The summed E-state index contributed by atoms with van der Waals surface area (Å²) in [4.78, 5) is 20.6. The van der Waals surface area contributed by atoms with Gasteiger partial charge in [0.25, 0.3) is 0 Å². The predicted molar refractivity (Wildman–Crippen MR) is 83.8 cm³/mol. The van der Waals surface area contributed by atoms with Gasteiger partial charge in [-0.1, -0.05) is 0 Å². The summed E-state index contributed by atoms with van der Waals surface area (Å²) in [5, 5.41) is 10.4. The Balaban J connectivity index is 1.60. The van der Waals surface area contributed by atoms with Crippen molar-refractivity contribution in [1.82, 2.24) is 25.1 Å². The summed E-state index contributed by atoms with van der Waals surface area (Å²) in [5.41, 5.74) is 0. The summed E-state index contributed by atoms with van der Waals surface area (Å²) in [6, 6.07) is 3.56. The molecule has 8 heteroatoms. The summed E-state index contributed by atoms with van der Waals surface area (Å²) in [6.45, 7) is 3.21. The molecule has 2 aromatic heterocycles. The maximum atomic E-state index is 12.2. The number of carbonyl (C=O) groups is 1. The minimum absolute atomic E-state index is 0.0120. The van der Waals surface area contributed by atoms with Crippen LogP contribution in [0.3, 0.4) is 0 Å². The Morgan fingerprint density at radius 3 is 3.13 bits per heavy atom. The normalized spacial score (nSPS) is 20.9. The molecule has 0 bridgehead atoms. The molecule has 2 atom stereocenters. The van der Waals surface area contributed by atoms with E-state index >= 15 is 0 Å². The summed E-state index contributed by atoms with van der Waals surface area (Å²) >= 11 is 0. The molecule has 1 saturated heterocycles. The fraction of sp³-hybridized carbons (Fsp3) is 0.467. The smallest absolute Gasteiger partial charge is 0.242 e. The van der Waals surface area contributed by atoms with Crippen LogP contribution in [0.1, 0.15) is 12.2 Å². The lowest BCUT2D eigenvalue weighted by Crippen LogP contribution is -2.53. The number of anilines is 1. The van der Waals surface area contributed by atoms with Crippen molar-refractivity contribution in [3.8, 4) is 0 Å². The number of hydrogen-bond donors (Lipinski definition) is 2. The molecule has 1 aliphatic rings. The van der Waals surface area contributed by atoms with E-state index in [0.717, 1.165) is 12.2 Å². The zero-order valence-electron chi connectivity index (χ0n) is 13.0. The molecule has 122 valence electrons. The Bertz CT molecular complexity index is 645. The zero-order valence-corrected chi connectivity index (χ0v) is 13.0. The average Bonchev–Trinajstić information content (AvgIpc) is 3.02. The highest BCUT2D eigenvalue weighted by Crippen LogP contribution is 2.13. The van der Waals surface area contributed by atoms with Crippen LogP contribution < -0.4 is 10.6 Å². The second-order valence-electron chi connectivity index (χ2n) is 5.48. The Hall–Kier alpha value is -2.48. The minimum atomic E-state index is -0.0636. The highest BCUT2D eigenvalue weighted by Gasteiger charge is 2.27. The van der Waals surface area contributed by atoms with Crippen molar-refractivity contribution in [2.75, 3.05) is 18.5 Å². The average molecular weight is 316 g/mol. The zero-order chi connectivity index (χ0) is 16.1. The van der Waals surface area contributed by atoms with Crippen molar-refractivity contribution in [2.24, 2.45) is 0 Å². The summed E-state index contributed by atoms with van der Waals surface area (Å²) in [6.07, 6.45) is 5.89. The molecule has 0 spiro atoms. The third kappa shape index (κ3) is 4.26. The molecule has 0 saturated carbocycles. The monoisotopic (exact) mass is 316 g/mol. The van der Waals surface area contributed by atoms with Crippen LogP contribution in [-0.2, 0) is 16.1 Å². The molecule has 0 aliphatic carbocycles. The molecule has 2 aromatic rings. The van der Waals surface area contributed by atoms with Gasteiger partial charge in [-0.15, -0.1) is 0 Å². The molecule has 0 aromatic carbocycles. The van der Waals surface area contributed by atoms with Gasteiger partial charge in [0.2, 0.25) is 5.91 Å². The molecule has 2 N–H and O–H groups in total. The highest BCUT2D eigenvalue weighted by atomic mass is 16.5. The van der Waals surface area contributed by atoms with Gasteiger partial charge in [-0.05, 0) is 25.5 Å². The number of nitrogens with zero attached hydrogens (tertiary/aromatic N) is 4. The second-order valence-corrected chi connectivity index (χ2v) is 5.48. The van der Waals surface area contributed by atoms with Gasteiger partial charge in [-0.3, -0.25) is 9.48 Å². The standard InChI is InChI=1S/C15H20N6O2/c1-11-16-6-3-14(18-11)19-13-10-23-8-4-12(13)20-15(22)9-21-7-2-5-17-21/h2-3,5-7,12-13H,4,8-10H2,1H3,(H,20,22)(H,16,18,19)/t12-,13+/m0/s1. The summed E-state index contributed by atoms with van der Waals surface area (Å²) in [7, 11) is 0. The number of aromatic nitrogens is 4. The van der Waals surface area contributed by atoms with E-state index in [4.69, 9.17) is 4.74 Å². The number of amides is 1.